The Kier molecular flexibility index (Phi) is 2.10. The average molecular weight is 192 g/mol. The SMILES string of the molecule is CC(=O)[C@H]1C=CC(=O)[C@@H]2CC(=O)[C@@H]2C1. The van der Waals surface area contributed by atoms with Crippen molar-refractivity contribution in [2.45, 2.75) is 19.8 Å². The number of ketones is 3. The van der Waals surface area contributed by atoms with E-state index in [9.17, 15) is 14.4 Å². The van der Waals surface area contributed by atoms with Gasteiger partial charge in [-0.05, 0) is 19.4 Å². The molecule has 74 valence electrons. The Labute approximate surface area is 82.2 Å². The number of Topliss-reactive ketones (excluding diaryl/α,β-unsaturated/α-hetero) is 2. The van der Waals surface area contributed by atoms with Crippen LogP contribution in [-0.2, 0) is 14.4 Å². The van der Waals surface area contributed by atoms with Crippen LogP contribution < -0.4 is 0 Å². The van der Waals surface area contributed by atoms with E-state index in [4.69, 9.17) is 0 Å². The second-order valence-electron chi connectivity index (χ2n) is 4.10. The predicted molar refractivity (Wildman–Crippen MR) is 49.5 cm³/mol. The van der Waals surface area contributed by atoms with Crippen LogP contribution in [0.5, 0.6) is 0 Å². The number of rotatable bonds is 1. The Morgan fingerprint density at radius 2 is 2.07 bits per heavy atom. The number of fused-ring (bicyclic) bond motifs is 1. The zero-order chi connectivity index (χ0) is 10.3. The van der Waals surface area contributed by atoms with Crippen molar-refractivity contribution >= 4 is 17.3 Å². The summed E-state index contributed by atoms with van der Waals surface area (Å²) in [6, 6.07) is 0. The lowest BCUT2D eigenvalue weighted by atomic mass is 9.68. The molecular formula is C11H12O3. The normalized spacial score (nSPS) is 35.9. The summed E-state index contributed by atoms with van der Waals surface area (Å²) in [5.74, 6) is -0.376. The number of carbonyl (C=O) groups excluding carboxylic acids is 3. The molecule has 3 nitrogen and oxygen atoms in total. The van der Waals surface area contributed by atoms with Crippen molar-refractivity contribution in [2.75, 3.05) is 0 Å². The molecule has 1 saturated carbocycles. The van der Waals surface area contributed by atoms with Gasteiger partial charge in [0.2, 0.25) is 0 Å². The van der Waals surface area contributed by atoms with E-state index in [1.807, 2.05) is 0 Å². The van der Waals surface area contributed by atoms with E-state index < -0.39 is 0 Å². The van der Waals surface area contributed by atoms with E-state index in [0.29, 0.717) is 12.8 Å². The lowest BCUT2D eigenvalue weighted by molar-refractivity contribution is -0.142. The molecule has 0 bridgehead atoms. The van der Waals surface area contributed by atoms with Crippen molar-refractivity contribution in [3.05, 3.63) is 12.2 Å². The molecular weight excluding hydrogens is 180 g/mol. The molecule has 3 heteroatoms. The molecule has 0 spiro atoms. The van der Waals surface area contributed by atoms with Crippen molar-refractivity contribution in [3.8, 4) is 0 Å². The fraction of sp³-hybridized carbons (Fsp3) is 0.545. The lowest BCUT2D eigenvalue weighted by Gasteiger charge is -2.32. The number of hydrogen-bond acceptors (Lipinski definition) is 3. The quantitative estimate of drug-likeness (QED) is 0.621. The standard InChI is InChI=1S/C11H12O3/c1-6(12)7-2-3-10(13)9-5-11(14)8(9)4-7/h2-3,7-9H,4-5H2,1H3/t7-,8+,9+/m0/s1. The van der Waals surface area contributed by atoms with Gasteiger partial charge in [-0.2, -0.15) is 0 Å². The highest BCUT2D eigenvalue weighted by molar-refractivity contribution is 6.04. The van der Waals surface area contributed by atoms with Gasteiger partial charge in [0.05, 0.1) is 0 Å². The number of carbonyl (C=O) groups is 3. The van der Waals surface area contributed by atoms with E-state index in [1.165, 1.54) is 13.0 Å². The van der Waals surface area contributed by atoms with Crippen molar-refractivity contribution in [2.24, 2.45) is 17.8 Å². The maximum atomic E-state index is 11.4. The van der Waals surface area contributed by atoms with Crippen LogP contribution in [0.3, 0.4) is 0 Å². The van der Waals surface area contributed by atoms with Crippen molar-refractivity contribution in [1.29, 1.82) is 0 Å². The fourth-order valence-electron chi connectivity index (χ4n) is 2.16. The summed E-state index contributed by atoms with van der Waals surface area (Å²) in [5, 5.41) is 0. The summed E-state index contributed by atoms with van der Waals surface area (Å²) in [6.07, 6.45) is 4.03. The molecule has 2 aliphatic rings. The molecule has 0 saturated heterocycles. The maximum absolute atomic E-state index is 11.4. The first-order valence-electron chi connectivity index (χ1n) is 4.85. The molecule has 3 atom stereocenters. The van der Waals surface area contributed by atoms with Gasteiger partial charge in [0.1, 0.15) is 11.6 Å². The Morgan fingerprint density at radius 1 is 1.36 bits per heavy atom. The van der Waals surface area contributed by atoms with Crippen LogP contribution >= 0.6 is 0 Å². The average Bonchev–Trinajstić information content (AvgIpc) is 2.24. The zero-order valence-corrected chi connectivity index (χ0v) is 8.03. The molecule has 0 aromatic carbocycles. The van der Waals surface area contributed by atoms with Crippen LogP contribution in [0.2, 0.25) is 0 Å². The van der Waals surface area contributed by atoms with E-state index in [2.05, 4.69) is 0 Å². The lowest BCUT2D eigenvalue weighted by Crippen LogP contribution is -2.41. The van der Waals surface area contributed by atoms with Gasteiger partial charge in [-0.15, -0.1) is 0 Å². The molecule has 0 aromatic rings. The Bertz CT molecular complexity index is 340. The molecule has 0 radical (unpaired) electrons. The molecule has 2 aliphatic carbocycles. The highest BCUT2D eigenvalue weighted by Crippen LogP contribution is 2.38. The molecule has 1 fully saturated rings. The van der Waals surface area contributed by atoms with E-state index >= 15 is 0 Å². The van der Waals surface area contributed by atoms with Gasteiger partial charge < -0.3 is 0 Å². The summed E-state index contributed by atoms with van der Waals surface area (Å²) in [5.41, 5.74) is 0. The highest BCUT2D eigenvalue weighted by atomic mass is 16.1. The van der Waals surface area contributed by atoms with Gasteiger partial charge in [-0.3, -0.25) is 14.4 Å². The van der Waals surface area contributed by atoms with Crippen molar-refractivity contribution in [3.63, 3.8) is 0 Å². The second kappa shape index (κ2) is 3.15. The molecule has 0 amide bonds. The topological polar surface area (TPSA) is 51.2 Å². The van der Waals surface area contributed by atoms with Gasteiger partial charge in [-0.25, -0.2) is 0 Å². The van der Waals surface area contributed by atoms with Gasteiger partial charge in [0.15, 0.2) is 5.78 Å². The first-order valence-corrected chi connectivity index (χ1v) is 4.85. The molecule has 0 aromatic heterocycles. The molecule has 0 aliphatic heterocycles. The first kappa shape index (κ1) is 9.31. The third-order valence-corrected chi connectivity index (χ3v) is 3.21. The Balaban J connectivity index is 2.21. The van der Waals surface area contributed by atoms with Crippen LogP contribution in [0, 0.1) is 17.8 Å². The fourth-order valence-corrected chi connectivity index (χ4v) is 2.16. The van der Waals surface area contributed by atoms with E-state index in [0.717, 1.165) is 0 Å². The third kappa shape index (κ3) is 1.33. The van der Waals surface area contributed by atoms with Gasteiger partial charge in [0.25, 0.3) is 0 Å². The Morgan fingerprint density at radius 3 is 2.64 bits per heavy atom. The van der Waals surface area contributed by atoms with Gasteiger partial charge in [0, 0.05) is 24.2 Å². The summed E-state index contributed by atoms with van der Waals surface area (Å²) in [7, 11) is 0. The van der Waals surface area contributed by atoms with Gasteiger partial charge in [-0.1, -0.05) is 6.08 Å². The Hall–Kier alpha value is -1.25. The molecule has 14 heavy (non-hydrogen) atoms. The van der Waals surface area contributed by atoms with Crippen LogP contribution in [-0.4, -0.2) is 17.3 Å². The van der Waals surface area contributed by atoms with Crippen LogP contribution in [0.4, 0.5) is 0 Å². The summed E-state index contributed by atoms with van der Waals surface area (Å²) in [6.45, 7) is 1.50. The summed E-state index contributed by atoms with van der Waals surface area (Å²) >= 11 is 0. The highest BCUT2D eigenvalue weighted by Gasteiger charge is 2.45. The monoisotopic (exact) mass is 192 g/mol. The summed E-state index contributed by atoms with van der Waals surface area (Å²) in [4.78, 5) is 33.8. The van der Waals surface area contributed by atoms with Crippen LogP contribution in [0.25, 0.3) is 0 Å². The molecule has 0 N–H and O–H groups in total. The minimum absolute atomic E-state index is 0.0124. The van der Waals surface area contributed by atoms with Crippen molar-refractivity contribution in [1.82, 2.24) is 0 Å². The smallest absolute Gasteiger partial charge is 0.159 e. The second-order valence-corrected chi connectivity index (χ2v) is 4.10. The van der Waals surface area contributed by atoms with Crippen molar-refractivity contribution < 1.29 is 14.4 Å². The zero-order valence-electron chi connectivity index (χ0n) is 8.03. The minimum atomic E-state index is -0.238. The number of hydrogen-bond donors (Lipinski definition) is 0. The van der Waals surface area contributed by atoms with Crippen LogP contribution in [0.15, 0.2) is 12.2 Å². The molecule has 0 heterocycles. The maximum Gasteiger partial charge on any atom is 0.159 e. The first-order chi connectivity index (χ1) is 6.59. The van der Waals surface area contributed by atoms with Gasteiger partial charge >= 0.3 is 0 Å². The van der Waals surface area contributed by atoms with E-state index in [-0.39, 0.29) is 35.1 Å². The molecule has 0 unspecified atom stereocenters. The minimum Gasteiger partial charge on any atom is -0.299 e. The number of allylic oxidation sites excluding steroid dienone is 2. The van der Waals surface area contributed by atoms with E-state index in [1.54, 1.807) is 6.08 Å². The summed E-state index contributed by atoms with van der Waals surface area (Å²) < 4.78 is 0. The largest absolute Gasteiger partial charge is 0.299 e. The predicted octanol–water partition coefficient (Wildman–Crippen LogP) is 0.926. The molecule has 2 rings (SSSR count). The third-order valence-electron chi connectivity index (χ3n) is 3.21. The van der Waals surface area contributed by atoms with Crippen LogP contribution in [0.1, 0.15) is 19.8 Å².